The number of carbonyl (C=O) groups is 1. The maximum Gasteiger partial charge on any atom is 0.220 e. The number of hydrogen-bond donors (Lipinski definition) is 12. The van der Waals surface area contributed by atoms with Crippen LogP contribution in [-0.2, 0) is 33.2 Å². The maximum absolute atomic E-state index is 13.4. The quantitative estimate of drug-likeness (QED) is 0.0199. The molecular formula is C76H129NO18. The van der Waals surface area contributed by atoms with Gasteiger partial charge in [-0.15, -0.1) is 0 Å². The SMILES string of the molecule is CC/C=C\C/C=C\C/C=C\C/C=C\C/C=C\C/C=C\CCCCCCCCCCCCCCC(=O)NC(COC1OC(CO)C(OC2OC(CO)C(OC3OC(CO)C(O)C(O)C3O)C(O)C2O)C(O)C1O)C(O)/C=C/CC/C=C/CC/C=C/CCCCCCCCCCC. The van der Waals surface area contributed by atoms with Crippen LogP contribution in [0.5, 0.6) is 0 Å². The maximum atomic E-state index is 13.4. The lowest BCUT2D eigenvalue weighted by Crippen LogP contribution is -2.66. The summed E-state index contributed by atoms with van der Waals surface area (Å²) >= 11 is 0. The third-order valence-corrected chi connectivity index (χ3v) is 17.5. The van der Waals surface area contributed by atoms with Crippen molar-refractivity contribution in [1.29, 1.82) is 0 Å². The first-order valence-corrected chi connectivity index (χ1v) is 36.6. The molecule has 546 valence electrons. The van der Waals surface area contributed by atoms with Crippen molar-refractivity contribution in [2.45, 2.75) is 336 Å². The molecule has 0 aromatic heterocycles. The van der Waals surface area contributed by atoms with E-state index in [-0.39, 0.29) is 18.9 Å². The fourth-order valence-electron chi connectivity index (χ4n) is 11.6. The van der Waals surface area contributed by atoms with Crippen LogP contribution >= 0.6 is 0 Å². The van der Waals surface area contributed by atoms with E-state index in [0.717, 1.165) is 96.3 Å². The Kier molecular flexibility index (Phi) is 50.7. The predicted molar refractivity (Wildman–Crippen MR) is 374 cm³/mol. The normalized spacial score (nSPS) is 27.9. The highest BCUT2D eigenvalue weighted by molar-refractivity contribution is 5.76. The van der Waals surface area contributed by atoms with E-state index < -0.39 is 124 Å². The molecule has 3 aliphatic rings. The summed E-state index contributed by atoms with van der Waals surface area (Å²) in [5, 5.41) is 121. The average Bonchev–Trinajstić information content (AvgIpc) is 0.787. The van der Waals surface area contributed by atoms with Gasteiger partial charge in [0.05, 0.1) is 38.6 Å². The topological polar surface area (TPSA) is 307 Å². The Labute approximate surface area is 570 Å². The molecule has 0 radical (unpaired) electrons. The van der Waals surface area contributed by atoms with E-state index in [1.165, 1.54) is 103 Å². The van der Waals surface area contributed by atoms with Crippen LogP contribution in [-0.4, -0.2) is 193 Å². The first-order valence-electron chi connectivity index (χ1n) is 36.6. The van der Waals surface area contributed by atoms with Gasteiger partial charge in [0.2, 0.25) is 5.91 Å². The highest BCUT2D eigenvalue weighted by Crippen LogP contribution is 2.33. The zero-order chi connectivity index (χ0) is 68.9. The van der Waals surface area contributed by atoms with Gasteiger partial charge < -0.3 is 89.9 Å². The molecule has 3 fully saturated rings. The zero-order valence-electron chi connectivity index (χ0n) is 57.9. The zero-order valence-corrected chi connectivity index (χ0v) is 57.9. The number of rotatable bonds is 55. The van der Waals surface area contributed by atoms with E-state index in [1.54, 1.807) is 6.08 Å². The van der Waals surface area contributed by atoms with Crippen LogP contribution in [0.1, 0.15) is 232 Å². The highest BCUT2D eigenvalue weighted by atomic mass is 16.8. The van der Waals surface area contributed by atoms with Crippen molar-refractivity contribution >= 4 is 5.91 Å². The number of allylic oxidation sites excluding steroid dienone is 17. The number of aliphatic hydroxyl groups is 11. The van der Waals surface area contributed by atoms with Gasteiger partial charge in [-0.1, -0.05) is 239 Å². The fraction of sp³-hybridized carbons (Fsp3) is 0.750. The largest absolute Gasteiger partial charge is 0.394 e. The molecule has 0 aromatic rings. The van der Waals surface area contributed by atoms with E-state index in [0.29, 0.717) is 12.8 Å². The van der Waals surface area contributed by atoms with Gasteiger partial charge in [-0.05, 0) is 96.3 Å². The van der Waals surface area contributed by atoms with Gasteiger partial charge >= 0.3 is 0 Å². The Morgan fingerprint density at radius 1 is 0.389 bits per heavy atom. The van der Waals surface area contributed by atoms with Crippen LogP contribution in [0.3, 0.4) is 0 Å². The third kappa shape index (κ3) is 37.5. The van der Waals surface area contributed by atoms with Crippen LogP contribution in [0.4, 0.5) is 0 Å². The third-order valence-electron chi connectivity index (χ3n) is 17.5. The molecule has 1 amide bonds. The molecule has 12 N–H and O–H groups in total. The first-order chi connectivity index (χ1) is 46.3. The van der Waals surface area contributed by atoms with Crippen molar-refractivity contribution in [3.63, 3.8) is 0 Å². The van der Waals surface area contributed by atoms with Crippen LogP contribution in [0.25, 0.3) is 0 Å². The standard InChI is InChI=1S/C76H129NO18/c1-3-5-7-9-11-13-15-17-19-21-23-24-25-26-27-28-29-30-31-32-33-34-36-38-40-42-44-46-48-50-52-54-64(82)77-59(60(81)53-51-49-47-45-43-41-39-37-35-22-20-18-16-14-12-10-8-6-4-2)58-90-74-70(88)67(85)72(62(56-79)92-74)95-76-71(89)68(86)73(63(57-80)93-76)94-75-69(87)66(84)65(83)61(55-78)91-75/h5,7,11,13,17,19,23-24,26-27,29-30,35,37,43,45,51,53,59-63,65-76,78-81,83-89H,3-4,6,8-10,12,14-16,18,20-22,25,28,31-34,36,38-42,44,46-50,52,54-58H2,1-2H3,(H,77,82)/b7-5-,13-11-,19-17-,24-23-,27-26-,30-29-,37-35+,45-43+,53-51+. The van der Waals surface area contributed by atoms with Crippen molar-refractivity contribution in [1.82, 2.24) is 5.32 Å². The Morgan fingerprint density at radius 2 is 0.737 bits per heavy atom. The number of carbonyl (C=O) groups excluding carboxylic acids is 1. The minimum absolute atomic E-state index is 0.223. The summed E-state index contributed by atoms with van der Waals surface area (Å²) in [7, 11) is 0. The molecule has 3 rings (SSSR count). The Hall–Kier alpha value is -3.55. The fourth-order valence-corrected chi connectivity index (χ4v) is 11.6. The van der Waals surface area contributed by atoms with Crippen LogP contribution < -0.4 is 5.32 Å². The first kappa shape index (κ1) is 85.7. The van der Waals surface area contributed by atoms with Crippen molar-refractivity contribution in [2.75, 3.05) is 26.4 Å². The molecular weight excluding hydrogens is 1210 g/mol. The number of unbranched alkanes of at least 4 members (excludes halogenated alkanes) is 23. The van der Waals surface area contributed by atoms with E-state index in [9.17, 15) is 61.0 Å². The molecule has 17 unspecified atom stereocenters. The second kappa shape index (κ2) is 56.2. The van der Waals surface area contributed by atoms with Gasteiger partial charge in [0.25, 0.3) is 0 Å². The van der Waals surface area contributed by atoms with Gasteiger partial charge in [-0.2, -0.15) is 0 Å². The molecule has 0 aromatic carbocycles. The Balaban J connectivity index is 1.41. The number of aliphatic hydroxyl groups excluding tert-OH is 11. The smallest absolute Gasteiger partial charge is 0.220 e. The molecule has 0 aliphatic carbocycles. The van der Waals surface area contributed by atoms with E-state index in [4.69, 9.17) is 28.4 Å². The van der Waals surface area contributed by atoms with E-state index in [1.807, 2.05) is 6.08 Å². The lowest BCUT2D eigenvalue weighted by atomic mass is 9.96. The minimum atomic E-state index is -1.99. The molecule has 3 aliphatic heterocycles. The number of ether oxygens (including phenoxy) is 6. The van der Waals surface area contributed by atoms with Crippen molar-refractivity contribution in [3.8, 4) is 0 Å². The van der Waals surface area contributed by atoms with Crippen molar-refractivity contribution in [2.24, 2.45) is 0 Å². The van der Waals surface area contributed by atoms with Gasteiger partial charge in [-0.25, -0.2) is 0 Å². The van der Waals surface area contributed by atoms with Crippen molar-refractivity contribution in [3.05, 3.63) is 109 Å². The molecule has 0 spiro atoms. The van der Waals surface area contributed by atoms with Crippen molar-refractivity contribution < 1.29 is 89.4 Å². The second-order valence-electron chi connectivity index (χ2n) is 25.6. The minimum Gasteiger partial charge on any atom is -0.394 e. The molecule has 0 saturated carbocycles. The lowest BCUT2D eigenvalue weighted by molar-refractivity contribution is -0.379. The molecule has 3 saturated heterocycles. The summed E-state index contributed by atoms with van der Waals surface area (Å²) < 4.78 is 34.3. The Morgan fingerprint density at radius 3 is 1.18 bits per heavy atom. The molecule has 19 heteroatoms. The van der Waals surface area contributed by atoms with Gasteiger partial charge in [-0.3, -0.25) is 4.79 Å². The second-order valence-corrected chi connectivity index (χ2v) is 25.6. The summed E-state index contributed by atoms with van der Waals surface area (Å²) in [5.41, 5.74) is 0. The van der Waals surface area contributed by atoms with E-state index in [2.05, 4.69) is 116 Å². The van der Waals surface area contributed by atoms with Gasteiger partial charge in [0.1, 0.15) is 73.2 Å². The Bertz CT molecular complexity index is 2140. The van der Waals surface area contributed by atoms with Gasteiger partial charge in [0, 0.05) is 6.42 Å². The summed E-state index contributed by atoms with van der Waals surface area (Å²) in [6, 6.07) is -1.01. The number of amides is 1. The molecule has 17 atom stereocenters. The van der Waals surface area contributed by atoms with E-state index >= 15 is 0 Å². The predicted octanol–water partition coefficient (Wildman–Crippen LogP) is 10.6. The number of nitrogens with one attached hydrogen (secondary N) is 1. The lowest BCUT2D eigenvalue weighted by Gasteiger charge is -2.48. The summed E-state index contributed by atoms with van der Waals surface area (Å²) in [6.07, 6.45) is 49.2. The number of hydrogen-bond acceptors (Lipinski definition) is 18. The monoisotopic (exact) mass is 1340 g/mol. The summed E-state index contributed by atoms with van der Waals surface area (Å²) in [5.74, 6) is -0.296. The summed E-state index contributed by atoms with van der Waals surface area (Å²) in [4.78, 5) is 13.4. The molecule has 3 heterocycles. The molecule has 19 nitrogen and oxygen atoms in total. The van der Waals surface area contributed by atoms with Gasteiger partial charge in [0.15, 0.2) is 18.9 Å². The average molecular weight is 1340 g/mol. The summed E-state index contributed by atoms with van der Waals surface area (Å²) in [6.45, 7) is 1.58. The highest BCUT2D eigenvalue weighted by Gasteiger charge is 2.53. The van der Waals surface area contributed by atoms with Crippen LogP contribution in [0, 0.1) is 0 Å². The van der Waals surface area contributed by atoms with Crippen LogP contribution in [0.15, 0.2) is 109 Å². The van der Waals surface area contributed by atoms with Crippen LogP contribution in [0.2, 0.25) is 0 Å². The molecule has 95 heavy (non-hydrogen) atoms. The molecule has 0 bridgehead atoms.